The first-order valence-corrected chi connectivity index (χ1v) is 13.1. The molecule has 5 rings (SSSR count). The number of hydrogen-bond donors (Lipinski definition) is 2. The van der Waals surface area contributed by atoms with Crippen LogP contribution >= 0.6 is 0 Å². The molecule has 0 spiro atoms. The number of ether oxygens (including phenoxy) is 3. The number of aliphatic carboxylic acids is 1. The Labute approximate surface area is 222 Å². The molecule has 1 aliphatic rings. The third-order valence-corrected chi connectivity index (χ3v) is 7.02. The van der Waals surface area contributed by atoms with Gasteiger partial charge < -0.3 is 29.5 Å². The molecule has 1 aromatic heterocycles. The lowest BCUT2D eigenvalue weighted by molar-refractivity contribution is -0.136. The summed E-state index contributed by atoms with van der Waals surface area (Å²) in [7, 11) is 0. The maximum absolute atomic E-state index is 11.4. The molecule has 0 amide bonds. The van der Waals surface area contributed by atoms with Crippen molar-refractivity contribution in [2.75, 3.05) is 19.8 Å². The Morgan fingerprint density at radius 3 is 2.58 bits per heavy atom. The minimum Gasteiger partial charge on any atom is -0.490 e. The predicted molar refractivity (Wildman–Crippen MR) is 145 cm³/mol. The monoisotopic (exact) mass is 515 g/mol. The number of furan rings is 1. The van der Waals surface area contributed by atoms with E-state index in [1.807, 2.05) is 54.6 Å². The average Bonchev–Trinajstić information content (AvgIpc) is 3.32. The van der Waals surface area contributed by atoms with Crippen molar-refractivity contribution in [2.24, 2.45) is 11.7 Å². The van der Waals surface area contributed by atoms with E-state index in [0.717, 1.165) is 54.6 Å². The number of fused-ring (bicyclic) bond motifs is 1. The van der Waals surface area contributed by atoms with E-state index in [-0.39, 0.29) is 13.0 Å². The highest BCUT2D eigenvalue weighted by Gasteiger charge is 2.21. The highest BCUT2D eigenvalue weighted by atomic mass is 16.5. The molecule has 0 radical (unpaired) electrons. The van der Waals surface area contributed by atoms with Crippen LogP contribution < -0.4 is 15.2 Å². The van der Waals surface area contributed by atoms with Gasteiger partial charge >= 0.3 is 5.97 Å². The van der Waals surface area contributed by atoms with E-state index in [4.69, 9.17) is 24.4 Å². The summed E-state index contributed by atoms with van der Waals surface area (Å²) in [5.74, 6) is 1.63. The second kappa shape index (κ2) is 12.2. The van der Waals surface area contributed by atoms with Crippen molar-refractivity contribution < 1.29 is 28.5 Å². The smallest absolute Gasteiger partial charge is 0.307 e. The summed E-state index contributed by atoms with van der Waals surface area (Å²) >= 11 is 0. The number of carboxylic acids is 1. The molecule has 1 aliphatic heterocycles. The lowest BCUT2D eigenvalue weighted by Gasteiger charge is -2.21. The van der Waals surface area contributed by atoms with Gasteiger partial charge in [-0.1, -0.05) is 48.5 Å². The van der Waals surface area contributed by atoms with Crippen molar-refractivity contribution in [3.05, 3.63) is 83.4 Å². The summed E-state index contributed by atoms with van der Waals surface area (Å²) < 4.78 is 24.4. The topological polar surface area (TPSA) is 104 Å². The van der Waals surface area contributed by atoms with E-state index >= 15 is 0 Å². The van der Waals surface area contributed by atoms with E-state index < -0.39 is 5.97 Å². The fraction of sp³-hybridized carbons (Fsp3) is 0.323. The molecule has 2 heterocycles. The molecule has 1 fully saturated rings. The van der Waals surface area contributed by atoms with Gasteiger partial charge in [0.2, 0.25) is 0 Å². The Hall–Kier alpha value is -3.81. The number of hydrogen-bond acceptors (Lipinski definition) is 6. The van der Waals surface area contributed by atoms with E-state index in [9.17, 15) is 9.90 Å². The zero-order valence-electron chi connectivity index (χ0n) is 21.4. The van der Waals surface area contributed by atoms with E-state index in [0.29, 0.717) is 47.5 Å². The Kier molecular flexibility index (Phi) is 8.26. The molecular weight excluding hydrogens is 482 g/mol. The van der Waals surface area contributed by atoms with Gasteiger partial charge in [-0.15, -0.1) is 0 Å². The maximum Gasteiger partial charge on any atom is 0.307 e. The van der Waals surface area contributed by atoms with Crippen molar-refractivity contribution in [1.29, 1.82) is 0 Å². The summed E-state index contributed by atoms with van der Waals surface area (Å²) in [6, 6.07) is 21.1. The summed E-state index contributed by atoms with van der Waals surface area (Å²) in [4.78, 5) is 11.4. The van der Waals surface area contributed by atoms with Gasteiger partial charge in [0.05, 0.1) is 13.0 Å². The Bertz CT molecular complexity index is 1390. The Morgan fingerprint density at radius 2 is 1.76 bits per heavy atom. The van der Waals surface area contributed by atoms with Gasteiger partial charge in [-0.25, -0.2) is 0 Å². The standard InChI is InChI=1S/C31H33NO6/c32-19-22-5-3-7-24(17-22)30-26(20-37-27-9-2-1-6-23(27)18-29(33)34)25-8-4-10-28(31(25)38-30)36-16-13-21-11-14-35-15-12-21/h1-10,17,21H,11-16,18-20,32H2,(H,33,34). The summed E-state index contributed by atoms with van der Waals surface area (Å²) in [5, 5.41) is 10.2. The van der Waals surface area contributed by atoms with Gasteiger partial charge in [-0.2, -0.15) is 0 Å². The molecule has 0 atom stereocenters. The summed E-state index contributed by atoms with van der Waals surface area (Å²) in [6.07, 6.45) is 3.00. The highest BCUT2D eigenvalue weighted by Crippen LogP contribution is 2.39. The number of carbonyl (C=O) groups is 1. The molecule has 3 N–H and O–H groups in total. The molecule has 198 valence electrons. The van der Waals surface area contributed by atoms with Gasteiger partial charge in [-0.05, 0) is 48.9 Å². The quantitative estimate of drug-likeness (QED) is 0.254. The fourth-order valence-corrected chi connectivity index (χ4v) is 4.95. The van der Waals surface area contributed by atoms with Gasteiger partial charge in [0.25, 0.3) is 0 Å². The van der Waals surface area contributed by atoms with Crippen LogP contribution in [0.3, 0.4) is 0 Å². The number of carboxylic acid groups (broad SMARTS) is 1. The molecular formula is C31H33NO6. The SMILES string of the molecule is NCc1cccc(-c2oc3c(OCCC4CCOCC4)cccc3c2COc2ccccc2CC(=O)O)c1. The Morgan fingerprint density at radius 1 is 0.974 bits per heavy atom. The third kappa shape index (κ3) is 6.01. The van der Waals surface area contributed by atoms with Gasteiger partial charge in [-0.3, -0.25) is 4.79 Å². The van der Waals surface area contributed by atoms with Gasteiger partial charge in [0.1, 0.15) is 18.1 Å². The second-order valence-electron chi connectivity index (χ2n) is 9.61. The van der Waals surface area contributed by atoms with Crippen molar-refractivity contribution in [3.63, 3.8) is 0 Å². The number of para-hydroxylation sites is 2. The summed E-state index contributed by atoms with van der Waals surface area (Å²) in [6.45, 7) is 2.88. The zero-order valence-corrected chi connectivity index (χ0v) is 21.4. The number of benzene rings is 3. The van der Waals surface area contributed by atoms with Crippen LogP contribution in [0.5, 0.6) is 11.5 Å². The van der Waals surface area contributed by atoms with Crippen LogP contribution in [0.2, 0.25) is 0 Å². The van der Waals surface area contributed by atoms with E-state index in [1.54, 1.807) is 12.1 Å². The van der Waals surface area contributed by atoms with Crippen LogP contribution in [-0.2, 0) is 29.1 Å². The first-order valence-electron chi connectivity index (χ1n) is 13.1. The Balaban J connectivity index is 1.47. The molecule has 3 aromatic carbocycles. The van der Waals surface area contributed by atoms with Crippen LogP contribution in [0.1, 0.15) is 36.0 Å². The predicted octanol–water partition coefficient (Wildman–Crippen LogP) is 5.96. The largest absolute Gasteiger partial charge is 0.490 e. The first-order chi connectivity index (χ1) is 18.6. The van der Waals surface area contributed by atoms with Crippen molar-refractivity contribution in [1.82, 2.24) is 0 Å². The van der Waals surface area contributed by atoms with Gasteiger partial charge in [0, 0.05) is 41.8 Å². The maximum atomic E-state index is 11.4. The number of rotatable bonds is 11. The molecule has 1 saturated heterocycles. The highest BCUT2D eigenvalue weighted by molar-refractivity contribution is 5.91. The molecule has 0 aliphatic carbocycles. The minimum atomic E-state index is -0.906. The second-order valence-corrected chi connectivity index (χ2v) is 9.61. The minimum absolute atomic E-state index is 0.112. The average molecular weight is 516 g/mol. The molecule has 0 unspecified atom stereocenters. The van der Waals surface area contributed by atoms with Crippen molar-refractivity contribution >= 4 is 16.9 Å². The fourth-order valence-electron chi connectivity index (χ4n) is 4.95. The molecule has 7 nitrogen and oxygen atoms in total. The number of nitrogens with two attached hydrogens (primary N) is 1. The molecule has 38 heavy (non-hydrogen) atoms. The van der Waals surface area contributed by atoms with Crippen LogP contribution in [0.25, 0.3) is 22.3 Å². The van der Waals surface area contributed by atoms with Crippen molar-refractivity contribution in [3.8, 4) is 22.8 Å². The first kappa shape index (κ1) is 25.8. The van der Waals surface area contributed by atoms with Crippen molar-refractivity contribution in [2.45, 2.75) is 38.8 Å². The summed E-state index contributed by atoms with van der Waals surface area (Å²) in [5.41, 5.74) is 9.97. The van der Waals surface area contributed by atoms with Crippen LogP contribution in [0.15, 0.2) is 71.1 Å². The van der Waals surface area contributed by atoms with Gasteiger partial charge in [0.15, 0.2) is 11.3 Å². The lowest BCUT2D eigenvalue weighted by atomic mass is 9.97. The van der Waals surface area contributed by atoms with E-state index in [1.165, 1.54) is 0 Å². The zero-order chi connectivity index (χ0) is 26.3. The van der Waals surface area contributed by atoms with Crippen LogP contribution in [-0.4, -0.2) is 30.9 Å². The third-order valence-electron chi connectivity index (χ3n) is 7.02. The van der Waals surface area contributed by atoms with E-state index in [2.05, 4.69) is 0 Å². The normalized spacial score (nSPS) is 14.0. The van der Waals surface area contributed by atoms with Crippen LogP contribution in [0.4, 0.5) is 0 Å². The lowest BCUT2D eigenvalue weighted by Crippen LogP contribution is -2.17. The van der Waals surface area contributed by atoms with Crippen LogP contribution in [0, 0.1) is 5.92 Å². The molecule has 4 aromatic rings. The molecule has 7 heteroatoms. The molecule has 0 bridgehead atoms. The molecule has 0 saturated carbocycles.